The number of aromatic amines is 1. The van der Waals surface area contributed by atoms with E-state index in [1.807, 2.05) is 6.07 Å². The van der Waals surface area contributed by atoms with Gasteiger partial charge in [-0.05, 0) is 23.8 Å². The van der Waals surface area contributed by atoms with Crippen LogP contribution in [0.15, 0.2) is 43.0 Å². The molecule has 2 aromatic rings. The van der Waals surface area contributed by atoms with Gasteiger partial charge in [0.25, 0.3) is 0 Å². The summed E-state index contributed by atoms with van der Waals surface area (Å²) in [6.45, 7) is 3.51. The summed E-state index contributed by atoms with van der Waals surface area (Å²) in [5.74, 6) is 0.223. The SMILES string of the molecule is C=C=Cc1ccc(O)c(-c2cnc[nH]2)c1. The molecule has 1 heterocycles. The van der Waals surface area contributed by atoms with Crippen LogP contribution in [0.3, 0.4) is 0 Å². The van der Waals surface area contributed by atoms with E-state index in [0.717, 1.165) is 16.8 Å². The summed E-state index contributed by atoms with van der Waals surface area (Å²) >= 11 is 0. The third-order valence-electron chi connectivity index (χ3n) is 2.08. The number of imidazole rings is 1. The maximum atomic E-state index is 9.68. The Morgan fingerprint density at radius 3 is 3.00 bits per heavy atom. The fourth-order valence-corrected chi connectivity index (χ4v) is 1.38. The maximum Gasteiger partial charge on any atom is 0.124 e. The summed E-state index contributed by atoms with van der Waals surface area (Å²) in [6.07, 6.45) is 4.99. The van der Waals surface area contributed by atoms with Crippen LogP contribution in [0, 0.1) is 0 Å². The molecule has 1 aromatic carbocycles. The number of aromatic nitrogens is 2. The topological polar surface area (TPSA) is 48.9 Å². The lowest BCUT2D eigenvalue weighted by atomic mass is 10.1. The third-order valence-corrected chi connectivity index (χ3v) is 2.08. The largest absolute Gasteiger partial charge is 0.507 e. The zero-order valence-corrected chi connectivity index (χ0v) is 8.07. The molecule has 0 radical (unpaired) electrons. The average molecular weight is 198 g/mol. The fourth-order valence-electron chi connectivity index (χ4n) is 1.38. The monoisotopic (exact) mass is 198 g/mol. The summed E-state index contributed by atoms with van der Waals surface area (Å²) in [5, 5.41) is 9.68. The molecule has 2 N–H and O–H groups in total. The van der Waals surface area contributed by atoms with Gasteiger partial charge in [0.1, 0.15) is 5.75 Å². The molecule has 0 unspecified atom stereocenters. The molecule has 0 amide bonds. The van der Waals surface area contributed by atoms with Crippen LogP contribution in [-0.4, -0.2) is 15.1 Å². The van der Waals surface area contributed by atoms with E-state index in [2.05, 4.69) is 22.3 Å². The molecule has 0 saturated carbocycles. The first kappa shape index (κ1) is 9.31. The van der Waals surface area contributed by atoms with Crippen LogP contribution in [0.4, 0.5) is 0 Å². The normalized spacial score (nSPS) is 9.60. The van der Waals surface area contributed by atoms with Gasteiger partial charge in [-0.3, -0.25) is 0 Å². The van der Waals surface area contributed by atoms with Gasteiger partial charge in [-0.15, -0.1) is 5.73 Å². The highest BCUT2D eigenvalue weighted by atomic mass is 16.3. The number of nitrogens with one attached hydrogen (secondary N) is 1. The Labute approximate surface area is 87.4 Å². The number of hydrogen-bond acceptors (Lipinski definition) is 2. The van der Waals surface area contributed by atoms with Crippen LogP contribution < -0.4 is 0 Å². The van der Waals surface area contributed by atoms with Crippen molar-refractivity contribution in [3.63, 3.8) is 0 Å². The van der Waals surface area contributed by atoms with Gasteiger partial charge < -0.3 is 10.1 Å². The summed E-state index contributed by atoms with van der Waals surface area (Å²) in [5.41, 5.74) is 5.13. The number of benzene rings is 1. The second kappa shape index (κ2) is 3.86. The van der Waals surface area contributed by atoms with Crippen molar-refractivity contribution in [1.82, 2.24) is 9.97 Å². The van der Waals surface area contributed by atoms with Crippen LogP contribution >= 0.6 is 0 Å². The van der Waals surface area contributed by atoms with Crippen molar-refractivity contribution in [1.29, 1.82) is 0 Å². The molecule has 15 heavy (non-hydrogen) atoms. The van der Waals surface area contributed by atoms with Gasteiger partial charge in [0.05, 0.1) is 18.2 Å². The van der Waals surface area contributed by atoms with Crippen molar-refractivity contribution in [3.8, 4) is 17.0 Å². The van der Waals surface area contributed by atoms with E-state index in [4.69, 9.17) is 0 Å². The Balaban J connectivity index is 2.55. The molecule has 0 spiro atoms. The Kier molecular flexibility index (Phi) is 2.40. The van der Waals surface area contributed by atoms with Gasteiger partial charge in [0.15, 0.2) is 0 Å². The number of aromatic hydroxyl groups is 1. The van der Waals surface area contributed by atoms with Gasteiger partial charge in [-0.25, -0.2) is 4.98 Å². The molecule has 3 nitrogen and oxygen atoms in total. The van der Waals surface area contributed by atoms with Gasteiger partial charge in [-0.1, -0.05) is 12.6 Å². The van der Waals surface area contributed by atoms with Crippen molar-refractivity contribution in [2.45, 2.75) is 0 Å². The number of phenolic OH excluding ortho intramolecular Hbond substituents is 1. The van der Waals surface area contributed by atoms with Crippen molar-refractivity contribution >= 4 is 6.08 Å². The van der Waals surface area contributed by atoms with Crippen molar-refractivity contribution in [2.24, 2.45) is 0 Å². The first-order valence-electron chi connectivity index (χ1n) is 4.49. The third kappa shape index (κ3) is 1.82. The molecule has 0 saturated heterocycles. The van der Waals surface area contributed by atoms with E-state index >= 15 is 0 Å². The average Bonchev–Trinajstić information content (AvgIpc) is 2.74. The fraction of sp³-hybridized carbons (Fsp3) is 0. The lowest BCUT2D eigenvalue weighted by Gasteiger charge is -2.02. The highest BCUT2D eigenvalue weighted by Gasteiger charge is 2.05. The first-order chi connectivity index (χ1) is 7.31. The predicted molar refractivity (Wildman–Crippen MR) is 59.3 cm³/mol. The minimum absolute atomic E-state index is 0.223. The molecular formula is C12H10N2O. The Morgan fingerprint density at radius 1 is 1.47 bits per heavy atom. The number of nitrogens with zero attached hydrogens (tertiary/aromatic N) is 1. The van der Waals surface area contributed by atoms with E-state index in [1.54, 1.807) is 30.7 Å². The lowest BCUT2D eigenvalue weighted by Crippen LogP contribution is -1.80. The van der Waals surface area contributed by atoms with Gasteiger partial charge in [0.2, 0.25) is 0 Å². The molecule has 3 heteroatoms. The summed E-state index contributed by atoms with van der Waals surface area (Å²) in [7, 11) is 0. The molecule has 0 aliphatic rings. The molecule has 74 valence electrons. The summed E-state index contributed by atoms with van der Waals surface area (Å²) in [6, 6.07) is 5.29. The van der Waals surface area contributed by atoms with Crippen LogP contribution in [0.25, 0.3) is 17.3 Å². The maximum absolute atomic E-state index is 9.68. The molecule has 0 aliphatic carbocycles. The Morgan fingerprint density at radius 2 is 2.33 bits per heavy atom. The molecule has 0 aliphatic heterocycles. The van der Waals surface area contributed by atoms with E-state index < -0.39 is 0 Å². The molecule has 1 aromatic heterocycles. The van der Waals surface area contributed by atoms with Crippen molar-refractivity contribution in [2.75, 3.05) is 0 Å². The van der Waals surface area contributed by atoms with Gasteiger partial charge in [-0.2, -0.15) is 0 Å². The lowest BCUT2D eigenvalue weighted by molar-refractivity contribution is 0.477. The molecular weight excluding hydrogens is 188 g/mol. The minimum Gasteiger partial charge on any atom is -0.507 e. The second-order valence-corrected chi connectivity index (χ2v) is 3.09. The van der Waals surface area contributed by atoms with E-state index in [-0.39, 0.29) is 5.75 Å². The van der Waals surface area contributed by atoms with E-state index in [1.165, 1.54) is 0 Å². The highest BCUT2D eigenvalue weighted by molar-refractivity contribution is 5.70. The van der Waals surface area contributed by atoms with Crippen LogP contribution in [-0.2, 0) is 0 Å². The Bertz CT molecular complexity index is 508. The number of H-pyrrole nitrogens is 1. The van der Waals surface area contributed by atoms with Crippen LogP contribution in [0.5, 0.6) is 5.75 Å². The van der Waals surface area contributed by atoms with Gasteiger partial charge in [0, 0.05) is 5.56 Å². The predicted octanol–water partition coefficient (Wildman–Crippen LogP) is 2.58. The molecule has 2 rings (SSSR count). The van der Waals surface area contributed by atoms with Crippen molar-refractivity contribution < 1.29 is 5.11 Å². The smallest absolute Gasteiger partial charge is 0.124 e. The summed E-state index contributed by atoms with van der Waals surface area (Å²) in [4.78, 5) is 6.85. The number of phenols is 1. The second-order valence-electron chi connectivity index (χ2n) is 3.09. The van der Waals surface area contributed by atoms with E-state index in [0.29, 0.717) is 0 Å². The summed E-state index contributed by atoms with van der Waals surface area (Å²) < 4.78 is 0. The first-order valence-corrected chi connectivity index (χ1v) is 4.49. The van der Waals surface area contributed by atoms with Crippen LogP contribution in [0.1, 0.15) is 5.56 Å². The van der Waals surface area contributed by atoms with Crippen molar-refractivity contribution in [3.05, 3.63) is 48.6 Å². The van der Waals surface area contributed by atoms with Gasteiger partial charge >= 0.3 is 0 Å². The molecule has 0 bridgehead atoms. The van der Waals surface area contributed by atoms with Crippen LogP contribution in [0.2, 0.25) is 0 Å². The Hall–Kier alpha value is -2.25. The number of rotatable bonds is 2. The quantitative estimate of drug-likeness (QED) is 0.728. The molecule has 0 atom stereocenters. The highest BCUT2D eigenvalue weighted by Crippen LogP contribution is 2.28. The number of hydrogen-bond donors (Lipinski definition) is 2. The zero-order chi connectivity index (χ0) is 10.7. The zero-order valence-electron chi connectivity index (χ0n) is 8.07. The minimum atomic E-state index is 0.223. The standard InChI is InChI=1S/C12H10N2O/c1-2-3-9-4-5-12(15)10(6-9)11-7-13-8-14-11/h3-8,15H,1H2,(H,13,14). The van der Waals surface area contributed by atoms with E-state index in [9.17, 15) is 5.11 Å². The molecule has 0 fully saturated rings.